The largest absolute Gasteiger partial charge is 0.317 e. The van der Waals surface area contributed by atoms with E-state index in [0.717, 1.165) is 44.6 Å². The molecular formula is C14H18ClIN2O. The van der Waals surface area contributed by atoms with E-state index >= 15 is 0 Å². The average molecular weight is 393 g/mol. The van der Waals surface area contributed by atoms with Crippen LogP contribution < -0.4 is 10.2 Å². The Balaban J connectivity index is 0.00000133. The minimum absolute atomic E-state index is 0. The van der Waals surface area contributed by atoms with E-state index in [9.17, 15) is 4.79 Å². The van der Waals surface area contributed by atoms with Crippen LogP contribution in [0, 0.1) is 8.99 Å². The van der Waals surface area contributed by atoms with Gasteiger partial charge in [-0.2, -0.15) is 0 Å². The Labute approximate surface area is 133 Å². The van der Waals surface area contributed by atoms with Gasteiger partial charge < -0.3 is 10.2 Å². The van der Waals surface area contributed by atoms with Gasteiger partial charge in [-0.15, -0.1) is 12.4 Å². The van der Waals surface area contributed by atoms with Crippen molar-refractivity contribution < 1.29 is 4.79 Å². The molecule has 0 bridgehead atoms. The number of amides is 1. The number of piperidine rings is 1. The average Bonchev–Trinajstić information content (AvgIpc) is 2.70. The molecule has 104 valence electrons. The summed E-state index contributed by atoms with van der Waals surface area (Å²) in [7, 11) is 0. The first kappa shape index (κ1) is 15.1. The first-order valence-corrected chi connectivity index (χ1v) is 7.57. The molecule has 2 aliphatic heterocycles. The number of carbonyl (C=O) groups is 1. The van der Waals surface area contributed by atoms with Crippen molar-refractivity contribution in [2.24, 2.45) is 5.41 Å². The number of halogens is 2. The number of hydrogen-bond donors (Lipinski definition) is 1. The molecule has 0 aliphatic carbocycles. The van der Waals surface area contributed by atoms with Gasteiger partial charge in [0.05, 0.1) is 5.41 Å². The molecular weight excluding hydrogens is 375 g/mol. The molecule has 3 nitrogen and oxygen atoms in total. The minimum atomic E-state index is -0.0752. The number of hydrogen-bond acceptors (Lipinski definition) is 2. The lowest BCUT2D eigenvalue weighted by atomic mass is 9.78. The summed E-state index contributed by atoms with van der Waals surface area (Å²) >= 11 is 2.29. The summed E-state index contributed by atoms with van der Waals surface area (Å²) in [4.78, 5) is 14.6. The zero-order valence-electron chi connectivity index (χ0n) is 10.7. The van der Waals surface area contributed by atoms with Gasteiger partial charge in [0.25, 0.3) is 0 Å². The molecule has 3 rings (SSSR count). The van der Waals surface area contributed by atoms with Crippen molar-refractivity contribution in [1.29, 1.82) is 0 Å². The summed E-state index contributed by atoms with van der Waals surface area (Å²) in [6, 6.07) is 8.24. The molecule has 2 fully saturated rings. The smallest absolute Gasteiger partial charge is 0.233 e. The third-order valence-electron chi connectivity index (χ3n) is 4.21. The molecule has 1 aromatic rings. The fourth-order valence-electron chi connectivity index (χ4n) is 3.06. The molecule has 0 saturated carbocycles. The molecule has 2 saturated heterocycles. The van der Waals surface area contributed by atoms with Crippen LogP contribution in [0.2, 0.25) is 0 Å². The topological polar surface area (TPSA) is 32.3 Å². The first-order valence-electron chi connectivity index (χ1n) is 6.50. The second-order valence-corrected chi connectivity index (χ2v) is 6.46. The van der Waals surface area contributed by atoms with Crippen LogP contribution in [0.15, 0.2) is 24.3 Å². The van der Waals surface area contributed by atoms with Crippen LogP contribution in [0.4, 0.5) is 5.69 Å². The second kappa shape index (κ2) is 5.97. The highest BCUT2D eigenvalue weighted by atomic mass is 127. The lowest BCUT2D eigenvalue weighted by molar-refractivity contribution is -0.126. The summed E-state index contributed by atoms with van der Waals surface area (Å²) in [6.45, 7) is 2.83. The van der Waals surface area contributed by atoms with Gasteiger partial charge >= 0.3 is 0 Å². The second-order valence-electron chi connectivity index (χ2n) is 5.21. The van der Waals surface area contributed by atoms with Crippen molar-refractivity contribution in [3.63, 3.8) is 0 Å². The van der Waals surface area contributed by atoms with Crippen molar-refractivity contribution >= 4 is 46.6 Å². The predicted octanol–water partition coefficient (Wildman–Crippen LogP) is 2.82. The SMILES string of the molecule is Cl.O=C1N(c2ccc(I)cc2)CCC12CCNCC2. The van der Waals surface area contributed by atoms with Crippen LogP contribution in [-0.4, -0.2) is 25.5 Å². The van der Waals surface area contributed by atoms with E-state index in [1.165, 1.54) is 3.57 Å². The van der Waals surface area contributed by atoms with Crippen LogP contribution in [0.1, 0.15) is 19.3 Å². The normalized spacial score (nSPS) is 21.5. The van der Waals surface area contributed by atoms with Gasteiger partial charge in [0.15, 0.2) is 0 Å². The van der Waals surface area contributed by atoms with Gasteiger partial charge in [-0.3, -0.25) is 4.79 Å². The maximum absolute atomic E-state index is 12.7. The zero-order valence-corrected chi connectivity index (χ0v) is 13.7. The molecule has 5 heteroatoms. The van der Waals surface area contributed by atoms with Crippen molar-refractivity contribution in [1.82, 2.24) is 5.32 Å². The van der Waals surface area contributed by atoms with Crippen LogP contribution in [0.3, 0.4) is 0 Å². The van der Waals surface area contributed by atoms with Crippen molar-refractivity contribution in [2.45, 2.75) is 19.3 Å². The molecule has 0 radical (unpaired) electrons. The Morgan fingerprint density at radius 3 is 2.37 bits per heavy atom. The number of anilines is 1. The van der Waals surface area contributed by atoms with Gasteiger partial charge in [0, 0.05) is 15.8 Å². The minimum Gasteiger partial charge on any atom is -0.317 e. The quantitative estimate of drug-likeness (QED) is 0.746. The fraction of sp³-hybridized carbons (Fsp3) is 0.500. The van der Waals surface area contributed by atoms with Crippen molar-refractivity contribution in [2.75, 3.05) is 24.5 Å². The van der Waals surface area contributed by atoms with E-state index in [0.29, 0.717) is 5.91 Å². The Kier molecular flexibility index (Phi) is 4.74. The third kappa shape index (κ3) is 2.76. The molecule has 0 atom stereocenters. The Hall–Kier alpha value is -0.330. The molecule has 0 aromatic heterocycles. The number of carbonyl (C=O) groups excluding carboxylic acids is 1. The summed E-state index contributed by atoms with van der Waals surface area (Å²) in [6.07, 6.45) is 3.00. The summed E-state index contributed by atoms with van der Waals surface area (Å²) < 4.78 is 1.21. The molecule has 1 amide bonds. The summed E-state index contributed by atoms with van der Waals surface area (Å²) in [5, 5.41) is 3.35. The van der Waals surface area contributed by atoms with E-state index in [2.05, 4.69) is 52.2 Å². The number of nitrogens with one attached hydrogen (secondary N) is 1. The van der Waals surface area contributed by atoms with Crippen LogP contribution in [0.25, 0.3) is 0 Å². The molecule has 2 aliphatic rings. The van der Waals surface area contributed by atoms with Crippen LogP contribution >= 0.6 is 35.0 Å². The highest BCUT2D eigenvalue weighted by molar-refractivity contribution is 14.1. The first-order chi connectivity index (χ1) is 8.71. The maximum atomic E-state index is 12.7. The highest BCUT2D eigenvalue weighted by Gasteiger charge is 2.47. The lowest BCUT2D eigenvalue weighted by Gasteiger charge is -2.32. The fourth-order valence-corrected chi connectivity index (χ4v) is 3.42. The van der Waals surface area contributed by atoms with Gasteiger partial charge in [0.2, 0.25) is 5.91 Å². The standard InChI is InChI=1S/C14H17IN2O.ClH/c15-11-1-3-12(4-2-11)17-10-7-14(13(17)18)5-8-16-9-6-14;/h1-4,16H,5-10H2;1H. The van der Waals surface area contributed by atoms with Gasteiger partial charge in [-0.05, 0) is 79.2 Å². The number of benzene rings is 1. The monoisotopic (exact) mass is 392 g/mol. The molecule has 19 heavy (non-hydrogen) atoms. The third-order valence-corrected chi connectivity index (χ3v) is 4.93. The van der Waals surface area contributed by atoms with Crippen LogP contribution in [0.5, 0.6) is 0 Å². The van der Waals surface area contributed by atoms with Gasteiger partial charge in [-0.25, -0.2) is 0 Å². The van der Waals surface area contributed by atoms with E-state index in [1.54, 1.807) is 0 Å². The van der Waals surface area contributed by atoms with E-state index < -0.39 is 0 Å². The Morgan fingerprint density at radius 2 is 1.74 bits per heavy atom. The molecule has 1 aromatic carbocycles. The highest BCUT2D eigenvalue weighted by Crippen LogP contribution is 2.41. The molecule has 0 unspecified atom stereocenters. The van der Waals surface area contributed by atoms with E-state index in [4.69, 9.17) is 0 Å². The van der Waals surface area contributed by atoms with Crippen molar-refractivity contribution in [3.05, 3.63) is 27.8 Å². The zero-order chi connectivity index (χ0) is 12.6. The Morgan fingerprint density at radius 1 is 1.11 bits per heavy atom. The molecule has 2 heterocycles. The summed E-state index contributed by atoms with van der Waals surface area (Å²) in [5.74, 6) is 0.338. The number of rotatable bonds is 1. The maximum Gasteiger partial charge on any atom is 0.233 e. The van der Waals surface area contributed by atoms with E-state index in [-0.39, 0.29) is 17.8 Å². The number of nitrogens with zero attached hydrogens (tertiary/aromatic N) is 1. The van der Waals surface area contributed by atoms with E-state index in [1.807, 2.05) is 4.90 Å². The van der Waals surface area contributed by atoms with Crippen molar-refractivity contribution in [3.8, 4) is 0 Å². The Bertz CT molecular complexity index is 457. The van der Waals surface area contributed by atoms with Gasteiger partial charge in [-0.1, -0.05) is 0 Å². The molecule has 1 spiro atoms. The van der Waals surface area contributed by atoms with Gasteiger partial charge in [0.1, 0.15) is 0 Å². The lowest BCUT2D eigenvalue weighted by Crippen LogP contribution is -2.42. The molecule has 1 N–H and O–H groups in total. The van der Waals surface area contributed by atoms with Crippen LogP contribution in [-0.2, 0) is 4.79 Å². The predicted molar refractivity (Wildman–Crippen MR) is 87.9 cm³/mol. The summed E-state index contributed by atoms with van der Waals surface area (Å²) in [5.41, 5.74) is 0.977.